The van der Waals surface area contributed by atoms with Crippen LogP contribution < -0.4 is 0 Å². The third-order valence-electron chi connectivity index (χ3n) is 5.31. The van der Waals surface area contributed by atoms with E-state index in [-0.39, 0.29) is 30.3 Å². The van der Waals surface area contributed by atoms with Gasteiger partial charge in [-0.1, -0.05) is 30.3 Å². The molecule has 0 bridgehead atoms. The van der Waals surface area contributed by atoms with E-state index in [9.17, 15) is 26.4 Å². The molecule has 1 amide bonds. The molecule has 34 heavy (non-hydrogen) atoms. The lowest BCUT2D eigenvalue weighted by Gasteiger charge is -2.24. The highest BCUT2D eigenvalue weighted by Gasteiger charge is 2.40. The molecule has 10 heteroatoms. The molecule has 1 fully saturated rings. The Labute approximate surface area is 197 Å². The molecule has 6 nitrogen and oxygen atoms in total. The van der Waals surface area contributed by atoms with Crippen LogP contribution in [-0.4, -0.2) is 50.0 Å². The number of hydrogen-bond acceptors (Lipinski definition) is 5. The van der Waals surface area contributed by atoms with Gasteiger partial charge in [0, 0.05) is 12.5 Å². The summed E-state index contributed by atoms with van der Waals surface area (Å²) in [4.78, 5) is 14.2. The second-order valence-corrected chi connectivity index (χ2v) is 11.3. The number of amides is 1. The van der Waals surface area contributed by atoms with Gasteiger partial charge in [-0.3, -0.25) is 0 Å². The van der Waals surface area contributed by atoms with Crippen molar-refractivity contribution in [2.24, 2.45) is 5.92 Å². The van der Waals surface area contributed by atoms with E-state index in [1.807, 2.05) is 0 Å². The van der Waals surface area contributed by atoms with E-state index < -0.39 is 45.3 Å². The molecule has 0 spiro atoms. The van der Waals surface area contributed by atoms with Crippen LogP contribution in [0.2, 0.25) is 0 Å². The Kier molecular flexibility index (Phi) is 7.62. The summed E-state index contributed by atoms with van der Waals surface area (Å²) in [5, 5.41) is 0. The van der Waals surface area contributed by atoms with Crippen LogP contribution in [0, 0.1) is 5.92 Å². The number of alkyl halides is 3. The predicted molar refractivity (Wildman–Crippen MR) is 120 cm³/mol. The first-order valence-electron chi connectivity index (χ1n) is 10.8. The molecule has 1 heterocycles. The van der Waals surface area contributed by atoms with Crippen molar-refractivity contribution in [1.82, 2.24) is 4.90 Å². The van der Waals surface area contributed by atoms with Crippen LogP contribution in [0.5, 0.6) is 0 Å². The fraction of sp³-hybridized carbons (Fsp3) is 0.458. The van der Waals surface area contributed by atoms with Gasteiger partial charge in [0.25, 0.3) is 0 Å². The van der Waals surface area contributed by atoms with Gasteiger partial charge in [-0.25, -0.2) is 13.2 Å². The van der Waals surface area contributed by atoms with E-state index in [0.29, 0.717) is 5.56 Å². The van der Waals surface area contributed by atoms with Gasteiger partial charge >= 0.3 is 12.3 Å². The third kappa shape index (κ3) is 6.96. The lowest BCUT2D eigenvalue weighted by Crippen LogP contribution is -2.36. The standard InChI is InChI=1S/C24H28F3NO5S/c1-23(2,3)33-22(29)28-13-18(16-34(30,31)20-7-5-4-6-8-20)21(14-28)32-15-17-9-11-19(12-10-17)24(25,26)27/h4-12,18,21H,13-16H2,1-3H3. The molecule has 1 aliphatic rings. The summed E-state index contributed by atoms with van der Waals surface area (Å²) in [5.41, 5.74) is -0.976. The Hall–Kier alpha value is -2.59. The van der Waals surface area contributed by atoms with E-state index in [4.69, 9.17) is 9.47 Å². The molecule has 2 atom stereocenters. The topological polar surface area (TPSA) is 72.9 Å². The summed E-state index contributed by atoms with van der Waals surface area (Å²) in [6.07, 6.45) is -5.64. The fourth-order valence-electron chi connectivity index (χ4n) is 3.66. The van der Waals surface area contributed by atoms with Crippen LogP contribution in [0.1, 0.15) is 31.9 Å². The zero-order chi connectivity index (χ0) is 25.1. The summed E-state index contributed by atoms with van der Waals surface area (Å²) in [6, 6.07) is 12.6. The van der Waals surface area contributed by atoms with Crippen molar-refractivity contribution in [3.8, 4) is 0 Å². The van der Waals surface area contributed by atoms with Gasteiger partial charge in [-0.15, -0.1) is 0 Å². The van der Waals surface area contributed by atoms with E-state index in [1.54, 1.807) is 39.0 Å². The van der Waals surface area contributed by atoms with Gasteiger partial charge < -0.3 is 14.4 Å². The Morgan fingerprint density at radius 1 is 1.00 bits per heavy atom. The quantitative estimate of drug-likeness (QED) is 0.564. The summed E-state index contributed by atoms with van der Waals surface area (Å²) in [5.74, 6) is -0.777. The summed E-state index contributed by atoms with van der Waals surface area (Å²) >= 11 is 0. The maximum atomic E-state index is 12.9. The second-order valence-electron chi connectivity index (χ2n) is 9.28. The van der Waals surface area contributed by atoms with E-state index >= 15 is 0 Å². The molecule has 2 aromatic carbocycles. The zero-order valence-electron chi connectivity index (χ0n) is 19.2. The van der Waals surface area contributed by atoms with Crippen molar-refractivity contribution >= 4 is 15.9 Å². The first-order chi connectivity index (χ1) is 15.7. The molecule has 0 aliphatic carbocycles. The molecular weight excluding hydrogens is 471 g/mol. The van der Waals surface area contributed by atoms with Crippen LogP contribution >= 0.6 is 0 Å². The minimum Gasteiger partial charge on any atom is -0.444 e. The van der Waals surface area contributed by atoms with E-state index in [0.717, 1.165) is 12.1 Å². The highest BCUT2D eigenvalue weighted by atomic mass is 32.2. The van der Waals surface area contributed by atoms with Crippen LogP contribution in [0.4, 0.5) is 18.0 Å². The minimum absolute atomic E-state index is 0.0210. The van der Waals surface area contributed by atoms with Crippen molar-refractivity contribution in [3.63, 3.8) is 0 Å². The van der Waals surface area contributed by atoms with Crippen LogP contribution in [0.15, 0.2) is 59.5 Å². The lowest BCUT2D eigenvalue weighted by molar-refractivity contribution is -0.137. The third-order valence-corrected chi connectivity index (χ3v) is 7.17. The normalized spacial score (nSPS) is 19.3. The monoisotopic (exact) mass is 499 g/mol. The highest BCUT2D eigenvalue weighted by Crippen LogP contribution is 2.30. The predicted octanol–water partition coefficient (Wildman–Crippen LogP) is 4.93. The van der Waals surface area contributed by atoms with Gasteiger partial charge in [0.15, 0.2) is 9.84 Å². The molecule has 3 rings (SSSR count). The number of benzene rings is 2. The Morgan fingerprint density at radius 2 is 1.62 bits per heavy atom. The maximum Gasteiger partial charge on any atom is 0.416 e. The smallest absolute Gasteiger partial charge is 0.416 e. The number of halogens is 3. The number of nitrogens with zero attached hydrogens (tertiary/aromatic N) is 1. The average Bonchev–Trinajstić information content (AvgIpc) is 3.13. The van der Waals surface area contributed by atoms with Gasteiger partial charge in [0.2, 0.25) is 0 Å². The highest BCUT2D eigenvalue weighted by molar-refractivity contribution is 7.91. The van der Waals surface area contributed by atoms with Gasteiger partial charge in [-0.05, 0) is 50.6 Å². The van der Waals surface area contributed by atoms with Crippen LogP contribution in [0.25, 0.3) is 0 Å². The molecular formula is C24H28F3NO5S. The maximum absolute atomic E-state index is 12.9. The molecule has 0 radical (unpaired) electrons. The summed E-state index contributed by atoms with van der Waals surface area (Å²) in [6.45, 7) is 5.42. The van der Waals surface area contributed by atoms with Gasteiger partial charge in [-0.2, -0.15) is 13.2 Å². The number of hydrogen-bond donors (Lipinski definition) is 0. The molecule has 2 unspecified atom stereocenters. The fourth-order valence-corrected chi connectivity index (χ4v) is 5.31. The van der Waals surface area contributed by atoms with Crippen LogP contribution in [-0.2, 0) is 32.1 Å². The molecule has 186 valence electrons. The number of carbonyl (C=O) groups is 1. The van der Waals surface area contributed by atoms with E-state index in [2.05, 4.69) is 0 Å². The van der Waals surface area contributed by atoms with Crippen molar-refractivity contribution in [2.75, 3.05) is 18.8 Å². The van der Waals surface area contributed by atoms with Gasteiger partial charge in [0.1, 0.15) is 5.60 Å². The molecule has 1 aliphatic heterocycles. The number of ether oxygens (including phenoxy) is 2. The van der Waals surface area contributed by atoms with Crippen molar-refractivity contribution in [2.45, 2.75) is 50.2 Å². The van der Waals surface area contributed by atoms with Gasteiger partial charge in [0.05, 0.1) is 35.5 Å². The Bertz CT molecular complexity index is 1080. The zero-order valence-corrected chi connectivity index (χ0v) is 20.0. The molecule has 1 saturated heterocycles. The molecule has 0 N–H and O–H groups in total. The second kappa shape index (κ2) is 9.95. The average molecular weight is 500 g/mol. The molecule has 2 aromatic rings. The summed E-state index contributed by atoms with van der Waals surface area (Å²) in [7, 11) is -3.65. The lowest BCUT2D eigenvalue weighted by atomic mass is 10.1. The van der Waals surface area contributed by atoms with Crippen molar-refractivity contribution in [1.29, 1.82) is 0 Å². The Morgan fingerprint density at radius 3 is 2.18 bits per heavy atom. The first-order valence-corrected chi connectivity index (χ1v) is 12.4. The van der Waals surface area contributed by atoms with Crippen molar-refractivity contribution in [3.05, 3.63) is 65.7 Å². The van der Waals surface area contributed by atoms with Crippen molar-refractivity contribution < 1.29 is 35.9 Å². The largest absolute Gasteiger partial charge is 0.444 e. The van der Waals surface area contributed by atoms with Crippen LogP contribution in [0.3, 0.4) is 0 Å². The minimum atomic E-state index is -4.43. The number of carbonyl (C=O) groups excluding carboxylic acids is 1. The number of rotatable bonds is 6. The summed E-state index contributed by atoms with van der Waals surface area (Å²) < 4.78 is 75.6. The van der Waals surface area contributed by atoms with E-state index in [1.165, 1.54) is 29.2 Å². The number of sulfone groups is 1. The first kappa shape index (κ1) is 26.0. The molecule has 0 saturated carbocycles. The SMILES string of the molecule is CC(C)(C)OC(=O)N1CC(CS(=O)(=O)c2ccccc2)C(OCc2ccc(C(F)(F)F)cc2)C1. The molecule has 0 aromatic heterocycles. The Balaban J connectivity index is 1.74. The number of likely N-dealkylation sites (tertiary alicyclic amines) is 1.